The van der Waals surface area contributed by atoms with Crippen molar-refractivity contribution in [3.05, 3.63) is 63.7 Å². The molecule has 164 valence electrons. The van der Waals surface area contributed by atoms with Crippen molar-refractivity contribution in [3.63, 3.8) is 0 Å². The molecule has 1 heterocycles. The zero-order valence-corrected chi connectivity index (χ0v) is 16.8. The molecule has 0 unspecified atom stereocenters. The van der Waals surface area contributed by atoms with E-state index >= 15 is 0 Å². The van der Waals surface area contributed by atoms with Crippen LogP contribution in [0.3, 0.4) is 0 Å². The molecule has 0 bridgehead atoms. The number of aromatic amines is 1. The van der Waals surface area contributed by atoms with Crippen LogP contribution in [0.25, 0.3) is 10.9 Å². The molecule has 1 saturated carbocycles. The van der Waals surface area contributed by atoms with Gasteiger partial charge < -0.3 is 5.32 Å². The van der Waals surface area contributed by atoms with E-state index in [1.165, 1.54) is 0 Å². The Morgan fingerprint density at radius 1 is 1.13 bits per heavy atom. The summed E-state index contributed by atoms with van der Waals surface area (Å²) in [5.41, 5.74) is -1.64. The van der Waals surface area contributed by atoms with E-state index in [-0.39, 0.29) is 16.8 Å². The molecule has 0 spiro atoms. The number of carbonyl (C=O) groups excluding carboxylic acids is 1. The molecule has 1 aromatic heterocycles. The standard InChI is InChI=1S/C22H21F4N3O2/c1-21(8-3-2-4-9-21)29-18-16(20(31)28-29)6-5-7-17(18)27-19(30)13-10-14(22(24,25)26)12-15(23)11-13/h5-7,10-12H,2-4,8-9H2,1H3,(H,27,30)(H,28,31). The predicted molar refractivity (Wildman–Crippen MR) is 109 cm³/mol. The maximum atomic E-state index is 13.7. The fourth-order valence-corrected chi connectivity index (χ4v) is 4.31. The SMILES string of the molecule is CC1(n2[nH]c(=O)c3cccc(NC(=O)c4cc(F)cc(C(F)(F)F)c4)c32)CCCCC1. The second kappa shape index (κ2) is 7.55. The van der Waals surface area contributed by atoms with Gasteiger partial charge in [-0.25, -0.2) is 4.39 Å². The van der Waals surface area contributed by atoms with Crippen LogP contribution in [0.2, 0.25) is 0 Å². The lowest BCUT2D eigenvalue weighted by molar-refractivity contribution is -0.137. The molecule has 0 saturated heterocycles. The summed E-state index contributed by atoms with van der Waals surface area (Å²) >= 11 is 0. The number of nitrogens with zero attached hydrogens (tertiary/aromatic N) is 1. The third kappa shape index (κ3) is 3.96. The number of aromatic nitrogens is 2. The molecule has 1 aliphatic carbocycles. The van der Waals surface area contributed by atoms with Crippen molar-refractivity contribution in [3.8, 4) is 0 Å². The zero-order chi connectivity index (χ0) is 22.4. The summed E-state index contributed by atoms with van der Waals surface area (Å²) in [6, 6.07) is 6.46. The molecular weight excluding hydrogens is 414 g/mol. The first-order chi connectivity index (χ1) is 14.6. The molecule has 5 nitrogen and oxygen atoms in total. The third-order valence-corrected chi connectivity index (χ3v) is 5.92. The van der Waals surface area contributed by atoms with Gasteiger partial charge in [-0.3, -0.25) is 19.4 Å². The van der Waals surface area contributed by atoms with Gasteiger partial charge in [-0.05, 0) is 50.1 Å². The molecule has 0 atom stereocenters. The molecule has 31 heavy (non-hydrogen) atoms. The Hall–Kier alpha value is -3.10. The summed E-state index contributed by atoms with van der Waals surface area (Å²) in [5, 5.41) is 5.78. The van der Waals surface area contributed by atoms with Crippen LogP contribution in [0.5, 0.6) is 0 Å². The van der Waals surface area contributed by atoms with E-state index in [1.807, 2.05) is 6.92 Å². The molecule has 1 aliphatic rings. The average Bonchev–Trinajstić information content (AvgIpc) is 3.06. The van der Waals surface area contributed by atoms with E-state index in [4.69, 9.17) is 0 Å². The van der Waals surface area contributed by atoms with Crippen LogP contribution >= 0.6 is 0 Å². The number of anilines is 1. The van der Waals surface area contributed by atoms with Gasteiger partial charge in [0, 0.05) is 5.56 Å². The van der Waals surface area contributed by atoms with Crippen molar-refractivity contribution in [2.24, 2.45) is 0 Å². The predicted octanol–water partition coefficient (Wildman–Crippen LogP) is 5.42. The van der Waals surface area contributed by atoms with Crippen LogP contribution < -0.4 is 10.9 Å². The van der Waals surface area contributed by atoms with Gasteiger partial charge in [0.25, 0.3) is 11.5 Å². The van der Waals surface area contributed by atoms with Crippen LogP contribution in [0.4, 0.5) is 23.2 Å². The van der Waals surface area contributed by atoms with Crippen molar-refractivity contribution >= 4 is 22.5 Å². The van der Waals surface area contributed by atoms with Crippen molar-refractivity contribution in [1.82, 2.24) is 9.78 Å². The summed E-state index contributed by atoms with van der Waals surface area (Å²) in [6.45, 7) is 2.03. The lowest BCUT2D eigenvalue weighted by Gasteiger charge is -2.35. The van der Waals surface area contributed by atoms with Crippen molar-refractivity contribution in [2.45, 2.75) is 50.7 Å². The number of halogens is 4. The van der Waals surface area contributed by atoms with Gasteiger partial charge in [0.15, 0.2) is 0 Å². The first-order valence-electron chi connectivity index (χ1n) is 10.0. The second-order valence-corrected chi connectivity index (χ2v) is 8.22. The fourth-order valence-electron chi connectivity index (χ4n) is 4.31. The highest BCUT2D eigenvalue weighted by atomic mass is 19.4. The van der Waals surface area contributed by atoms with Crippen LogP contribution in [0.15, 0.2) is 41.2 Å². The number of alkyl halides is 3. The molecule has 0 aliphatic heterocycles. The van der Waals surface area contributed by atoms with Crippen molar-refractivity contribution in [2.75, 3.05) is 5.32 Å². The van der Waals surface area contributed by atoms with Crippen molar-refractivity contribution < 1.29 is 22.4 Å². The number of carbonyl (C=O) groups is 1. The Balaban J connectivity index is 1.77. The Morgan fingerprint density at radius 3 is 2.52 bits per heavy atom. The maximum Gasteiger partial charge on any atom is 0.416 e. The average molecular weight is 435 g/mol. The molecule has 2 aromatic carbocycles. The van der Waals surface area contributed by atoms with Gasteiger partial charge in [0.2, 0.25) is 0 Å². The summed E-state index contributed by atoms with van der Waals surface area (Å²) in [5.74, 6) is -2.06. The topological polar surface area (TPSA) is 66.9 Å². The van der Waals surface area contributed by atoms with Gasteiger partial charge in [-0.2, -0.15) is 13.2 Å². The number of H-pyrrole nitrogens is 1. The molecule has 9 heteroatoms. The first-order valence-corrected chi connectivity index (χ1v) is 10.0. The van der Waals surface area contributed by atoms with Gasteiger partial charge in [-0.1, -0.05) is 25.3 Å². The zero-order valence-electron chi connectivity index (χ0n) is 16.8. The lowest BCUT2D eigenvalue weighted by Crippen LogP contribution is -2.34. The van der Waals surface area contributed by atoms with E-state index < -0.39 is 29.0 Å². The molecule has 1 amide bonds. The Bertz CT molecular complexity index is 1200. The quantitative estimate of drug-likeness (QED) is 0.540. The van der Waals surface area contributed by atoms with Gasteiger partial charge in [0.1, 0.15) is 5.82 Å². The van der Waals surface area contributed by atoms with E-state index in [0.29, 0.717) is 23.0 Å². The summed E-state index contributed by atoms with van der Waals surface area (Å²) in [7, 11) is 0. The smallest absolute Gasteiger partial charge is 0.320 e. The minimum atomic E-state index is -4.78. The number of nitrogens with one attached hydrogen (secondary N) is 2. The highest BCUT2D eigenvalue weighted by Crippen LogP contribution is 2.37. The van der Waals surface area contributed by atoms with Gasteiger partial charge >= 0.3 is 6.18 Å². The first kappa shape index (κ1) is 21.1. The lowest BCUT2D eigenvalue weighted by atomic mass is 9.83. The molecule has 2 N–H and O–H groups in total. The highest BCUT2D eigenvalue weighted by molar-refractivity contribution is 6.08. The van der Waals surface area contributed by atoms with Crippen LogP contribution in [-0.4, -0.2) is 15.7 Å². The minimum Gasteiger partial charge on any atom is -0.320 e. The summed E-state index contributed by atoms with van der Waals surface area (Å²) < 4.78 is 54.5. The summed E-state index contributed by atoms with van der Waals surface area (Å²) in [4.78, 5) is 25.2. The van der Waals surface area contributed by atoms with E-state index in [9.17, 15) is 27.2 Å². The van der Waals surface area contributed by atoms with E-state index in [0.717, 1.165) is 38.2 Å². The number of hydrogen-bond acceptors (Lipinski definition) is 2. The molecule has 1 fully saturated rings. The van der Waals surface area contributed by atoms with E-state index in [2.05, 4.69) is 10.4 Å². The molecule has 0 radical (unpaired) electrons. The normalized spacial score (nSPS) is 16.4. The Kier molecular flexibility index (Phi) is 5.15. The fraction of sp³-hybridized carbons (Fsp3) is 0.364. The van der Waals surface area contributed by atoms with Crippen LogP contribution in [0, 0.1) is 5.82 Å². The molecular formula is C22H21F4N3O2. The number of hydrogen-bond donors (Lipinski definition) is 2. The minimum absolute atomic E-state index is 0.269. The summed E-state index contributed by atoms with van der Waals surface area (Å²) in [6.07, 6.45) is -0.00821. The number of rotatable bonds is 3. The van der Waals surface area contributed by atoms with Crippen LogP contribution in [-0.2, 0) is 11.7 Å². The van der Waals surface area contributed by atoms with Crippen molar-refractivity contribution in [1.29, 1.82) is 0 Å². The number of benzene rings is 2. The number of para-hydroxylation sites is 1. The Labute approximate surface area is 175 Å². The molecule has 4 rings (SSSR count). The largest absolute Gasteiger partial charge is 0.416 e. The van der Waals surface area contributed by atoms with Gasteiger partial charge in [0.05, 0.1) is 27.7 Å². The van der Waals surface area contributed by atoms with E-state index in [1.54, 1.807) is 22.9 Å². The Morgan fingerprint density at radius 2 is 1.84 bits per heavy atom. The number of fused-ring (bicyclic) bond motifs is 1. The van der Waals surface area contributed by atoms with Gasteiger partial charge in [-0.15, -0.1) is 0 Å². The third-order valence-electron chi connectivity index (χ3n) is 5.92. The monoisotopic (exact) mass is 435 g/mol. The maximum absolute atomic E-state index is 13.7. The van der Waals surface area contributed by atoms with Crippen LogP contribution in [0.1, 0.15) is 54.9 Å². The molecule has 3 aromatic rings. The highest BCUT2D eigenvalue weighted by Gasteiger charge is 2.33. The second-order valence-electron chi connectivity index (χ2n) is 8.22. The number of amides is 1.